The van der Waals surface area contributed by atoms with E-state index in [1.807, 2.05) is 4.90 Å². The Morgan fingerprint density at radius 2 is 1.85 bits per heavy atom. The number of aliphatic hydroxyl groups is 2. The van der Waals surface area contributed by atoms with Gasteiger partial charge in [-0.3, -0.25) is 4.79 Å². The van der Waals surface area contributed by atoms with Crippen molar-refractivity contribution in [1.29, 1.82) is 0 Å². The lowest BCUT2D eigenvalue weighted by atomic mass is 9.91. The molecule has 0 aliphatic carbocycles. The minimum Gasteiger partial charge on any atom is -0.431 e. The van der Waals surface area contributed by atoms with Crippen molar-refractivity contribution in [3.05, 3.63) is 0 Å². The van der Waals surface area contributed by atoms with Gasteiger partial charge in [0.15, 0.2) is 13.2 Å². The first-order chi connectivity index (χ1) is 5.99. The van der Waals surface area contributed by atoms with Crippen molar-refractivity contribution in [1.82, 2.24) is 4.90 Å². The Hall–Kier alpha value is -0.570. The highest BCUT2D eigenvalue weighted by Gasteiger charge is 2.23. The first-order valence-electron chi connectivity index (χ1n) is 4.90. The number of hydrogen-bond acceptors (Lipinski definition) is 1. The van der Waals surface area contributed by atoms with Gasteiger partial charge in [0.25, 0.3) is 0 Å². The predicted molar refractivity (Wildman–Crippen MR) is 52.6 cm³/mol. The van der Waals surface area contributed by atoms with E-state index in [1.165, 1.54) is 0 Å². The molecule has 1 rings (SSSR count). The molecule has 3 heteroatoms. The third-order valence-electron chi connectivity index (χ3n) is 2.09. The third-order valence-corrected chi connectivity index (χ3v) is 2.09. The van der Waals surface area contributed by atoms with E-state index in [2.05, 4.69) is 25.5 Å². The normalized spacial score (nSPS) is 18.8. The molecule has 1 amide bonds. The zero-order chi connectivity index (χ0) is 9.90. The maximum atomic E-state index is 11.7. The number of amides is 1. The summed E-state index contributed by atoms with van der Waals surface area (Å²) in [6.45, 7) is 9.55. The van der Waals surface area contributed by atoms with Gasteiger partial charge in [-0.2, -0.15) is 0 Å². The Bertz CT molecular complexity index is 178. The number of nitrogens with zero attached hydrogens (tertiary/aromatic N) is 1. The van der Waals surface area contributed by atoms with Crippen LogP contribution in [0.4, 0.5) is 0 Å². The van der Waals surface area contributed by atoms with Crippen molar-refractivity contribution in [2.24, 2.45) is 5.41 Å². The second kappa shape index (κ2) is 4.09. The second-order valence-electron chi connectivity index (χ2n) is 4.79. The monoisotopic (exact) mass is 186 g/mol. The molecule has 13 heavy (non-hydrogen) atoms. The zero-order valence-corrected chi connectivity index (χ0v) is 8.84. The van der Waals surface area contributed by atoms with E-state index in [0.717, 1.165) is 26.3 Å². The number of rotatable bonds is 1. The summed E-state index contributed by atoms with van der Waals surface area (Å²) in [7, 11) is 0. The van der Waals surface area contributed by atoms with Crippen molar-refractivity contribution in [3.63, 3.8) is 0 Å². The topological polar surface area (TPSA) is 33.1 Å². The fraction of sp³-hybridized carbons (Fsp3) is 0.900. The van der Waals surface area contributed by atoms with Gasteiger partial charge >= 0.3 is 0 Å². The summed E-state index contributed by atoms with van der Waals surface area (Å²) in [5.41, 5.74) is 0.103. The summed E-state index contributed by atoms with van der Waals surface area (Å²) in [5.74, 6) is 0.280. The van der Waals surface area contributed by atoms with Gasteiger partial charge < -0.3 is 9.64 Å². The van der Waals surface area contributed by atoms with Crippen LogP contribution < -0.4 is 0 Å². The molecule has 0 aromatic rings. The molecule has 0 saturated carbocycles. The largest absolute Gasteiger partial charge is 0.431 e. The maximum absolute atomic E-state index is 11.7. The van der Waals surface area contributed by atoms with Crippen molar-refractivity contribution in [3.8, 4) is 0 Å². The molecule has 0 unspecified atom stereocenters. The minimum atomic E-state index is 0.103. The molecule has 0 atom stereocenters. The smallest absolute Gasteiger partial charge is 0.223 e. The molecule has 1 heterocycles. The number of morpholine rings is 1. The minimum absolute atomic E-state index is 0.103. The lowest BCUT2D eigenvalue weighted by Gasteiger charge is -2.27. The van der Waals surface area contributed by atoms with Crippen LogP contribution >= 0.6 is 0 Å². The van der Waals surface area contributed by atoms with Crippen LogP contribution in [0.3, 0.4) is 0 Å². The third kappa shape index (κ3) is 3.77. The molecule has 1 saturated heterocycles. The van der Waals surface area contributed by atoms with E-state index >= 15 is 0 Å². The van der Waals surface area contributed by atoms with Gasteiger partial charge in [-0.05, 0) is 5.41 Å². The number of hydrogen-bond donors (Lipinski definition) is 0. The Labute approximate surface area is 80.1 Å². The van der Waals surface area contributed by atoms with Crippen LogP contribution in [-0.2, 0) is 4.79 Å². The standard InChI is InChI=1S/C10H19NO2/c1-10(2,3)8-9(12)11-4-6-13-7-5-11/h4-8H2,1-3H3/p+1. The van der Waals surface area contributed by atoms with Gasteiger partial charge in [0.2, 0.25) is 5.91 Å². The highest BCUT2D eigenvalue weighted by atomic mass is 16.5. The molecule has 0 radical (unpaired) electrons. The van der Waals surface area contributed by atoms with E-state index in [9.17, 15) is 4.79 Å². The van der Waals surface area contributed by atoms with Crippen molar-refractivity contribution < 1.29 is 9.53 Å². The lowest BCUT2D eigenvalue weighted by molar-refractivity contribution is -0.146. The van der Waals surface area contributed by atoms with Crippen LogP contribution in [0.5, 0.6) is 0 Å². The van der Waals surface area contributed by atoms with Gasteiger partial charge in [0.1, 0.15) is 0 Å². The van der Waals surface area contributed by atoms with Crippen molar-refractivity contribution in [2.75, 3.05) is 26.3 Å². The van der Waals surface area contributed by atoms with Gasteiger partial charge in [0, 0.05) is 6.42 Å². The molecular formula is C10H20NO2+. The summed E-state index contributed by atoms with van der Waals surface area (Å²) in [4.78, 5) is 13.6. The summed E-state index contributed by atoms with van der Waals surface area (Å²) in [6.07, 6.45) is 0.646. The average molecular weight is 186 g/mol. The Morgan fingerprint density at radius 1 is 1.31 bits per heavy atom. The number of carbonyl (C=O) groups is 1. The molecule has 0 aromatic carbocycles. The molecular weight excluding hydrogens is 166 g/mol. The average Bonchev–Trinajstić information content (AvgIpc) is 2.03. The number of ether oxygens (including phenoxy) is 1. The molecule has 1 fully saturated rings. The van der Waals surface area contributed by atoms with Crippen LogP contribution in [0.25, 0.3) is 0 Å². The van der Waals surface area contributed by atoms with Gasteiger partial charge in [-0.1, -0.05) is 20.8 Å². The Kier molecular flexibility index (Phi) is 3.31. The summed E-state index contributed by atoms with van der Waals surface area (Å²) < 4.78 is 4.21. The second-order valence-corrected chi connectivity index (χ2v) is 4.79. The van der Waals surface area contributed by atoms with Gasteiger partial charge in [-0.15, -0.1) is 0 Å². The maximum Gasteiger partial charge on any atom is 0.223 e. The molecule has 0 bridgehead atoms. The van der Waals surface area contributed by atoms with Crippen LogP contribution in [0, 0.1) is 5.41 Å². The predicted octanol–water partition coefficient (Wildman–Crippen LogP) is 0.793. The zero-order valence-electron chi connectivity index (χ0n) is 8.84. The summed E-state index contributed by atoms with van der Waals surface area (Å²) in [5, 5.41) is 0. The van der Waals surface area contributed by atoms with Crippen LogP contribution in [0.1, 0.15) is 27.2 Å². The summed E-state index contributed by atoms with van der Waals surface area (Å²) in [6, 6.07) is 0. The van der Waals surface area contributed by atoms with Crippen molar-refractivity contribution >= 4 is 5.91 Å². The molecule has 76 valence electrons. The first kappa shape index (κ1) is 10.5. The Balaban J connectivity index is 2.38. The molecule has 0 aromatic heterocycles. The van der Waals surface area contributed by atoms with E-state index in [4.69, 9.17) is 0 Å². The van der Waals surface area contributed by atoms with Gasteiger partial charge in [-0.25, -0.2) is 0 Å². The molecule has 1 aliphatic heterocycles. The highest BCUT2D eigenvalue weighted by Crippen LogP contribution is 2.19. The quantitative estimate of drug-likeness (QED) is 0.557. The first-order valence-corrected chi connectivity index (χ1v) is 4.90. The van der Waals surface area contributed by atoms with E-state index in [0.29, 0.717) is 6.42 Å². The molecule has 0 spiro atoms. The summed E-state index contributed by atoms with van der Waals surface area (Å²) >= 11 is 0. The number of carbonyl (C=O) groups excluding carboxylic acids is 1. The lowest BCUT2D eigenvalue weighted by Crippen LogP contribution is -2.43. The molecule has 1 aliphatic rings. The molecule has 3 nitrogen and oxygen atoms in total. The highest BCUT2D eigenvalue weighted by molar-refractivity contribution is 5.76. The Morgan fingerprint density at radius 3 is 2.31 bits per heavy atom. The van der Waals surface area contributed by atoms with E-state index in [-0.39, 0.29) is 11.3 Å². The van der Waals surface area contributed by atoms with Crippen LogP contribution in [0.2, 0.25) is 0 Å². The van der Waals surface area contributed by atoms with Crippen LogP contribution in [0.15, 0.2) is 0 Å². The van der Waals surface area contributed by atoms with E-state index < -0.39 is 0 Å². The fourth-order valence-corrected chi connectivity index (χ4v) is 1.42. The van der Waals surface area contributed by atoms with E-state index in [1.54, 1.807) is 0 Å². The van der Waals surface area contributed by atoms with Crippen molar-refractivity contribution in [2.45, 2.75) is 27.2 Å². The SMILES string of the molecule is CC(C)(C)CC(=O)N1CC[OH+]CC1. The van der Waals surface area contributed by atoms with Crippen LogP contribution in [-0.4, -0.2) is 41.8 Å². The fourth-order valence-electron chi connectivity index (χ4n) is 1.42. The van der Waals surface area contributed by atoms with Gasteiger partial charge in [0.05, 0.1) is 13.1 Å². The molecule has 1 N–H and O–H groups in total.